The van der Waals surface area contributed by atoms with Crippen LogP contribution in [0.5, 0.6) is 0 Å². The van der Waals surface area contributed by atoms with Gasteiger partial charge >= 0.3 is 5.97 Å². The minimum atomic E-state index is -3.64. The minimum Gasteiger partial charge on any atom is -0.481 e. The van der Waals surface area contributed by atoms with Gasteiger partial charge in [-0.15, -0.1) is 0 Å². The van der Waals surface area contributed by atoms with Crippen molar-refractivity contribution in [3.05, 3.63) is 35.6 Å². The lowest BCUT2D eigenvalue weighted by Gasteiger charge is -2.25. The molecule has 112 valence electrons. The maximum atomic E-state index is 12.8. The highest BCUT2D eigenvalue weighted by Crippen LogP contribution is 2.15. The molecule has 1 aromatic carbocycles. The Kier molecular flexibility index (Phi) is 5.64. The Balaban J connectivity index is 2.87. The number of carbonyl (C=O) groups is 1. The number of benzene rings is 1. The molecule has 5 nitrogen and oxygen atoms in total. The zero-order valence-corrected chi connectivity index (χ0v) is 12.2. The second kappa shape index (κ2) is 6.81. The number of halogens is 1. The molecule has 0 aromatic heterocycles. The van der Waals surface area contributed by atoms with E-state index < -0.39 is 21.8 Å². The Morgan fingerprint density at radius 2 is 1.85 bits per heavy atom. The molecule has 0 aliphatic heterocycles. The zero-order chi connectivity index (χ0) is 15.3. The molecular weight excluding hydrogens is 285 g/mol. The fourth-order valence-corrected chi connectivity index (χ4v) is 3.59. The first-order chi connectivity index (χ1) is 9.22. The molecule has 20 heavy (non-hydrogen) atoms. The van der Waals surface area contributed by atoms with Crippen molar-refractivity contribution in [2.75, 3.05) is 6.54 Å². The molecule has 0 aliphatic carbocycles. The Morgan fingerprint density at radius 3 is 2.30 bits per heavy atom. The quantitative estimate of drug-likeness (QED) is 0.834. The molecule has 0 atom stereocenters. The Hall–Kier alpha value is -1.47. The number of aliphatic carboxylic acids is 1. The van der Waals surface area contributed by atoms with Gasteiger partial charge < -0.3 is 5.11 Å². The lowest BCUT2D eigenvalue weighted by atomic mass is 10.2. The number of nitrogens with zero attached hydrogens (tertiary/aromatic N) is 1. The summed E-state index contributed by atoms with van der Waals surface area (Å²) in [7, 11) is -3.64. The second-order valence-corrected chi connectivity index (χ2v) is 6.65. The first-order valence-corrected chi connectivity index (χ1v) is 7.79. The average molecular weight is 303 g/mol. The number of rotatable bonds is 7. The third kappa shape index (κ3) is 4.90. The average Bonchev–Trinajstić information content (AvgIpc) is 2.30. The van der Waals surface area contributed by atoms with Crippen LogP contribution in [0.3, 0.4) is 0 Å². The maximum Gasteiger partial charge on any atom is 0.304 e. The van der Waals surface area contributed by atoms with Gasteiger partial charge in [0.1, 0.15) is 5.82 Å². The molecule has 0 bridgehead atoms. The third-order valence-electron chi connectivity index (χ3n) is 2.74. The molecule has 0 fully saturated rings. The van der Waals surface area contributed by atoms with Crippen LogP contribution in [0.25, 0.3) is 0 Å². The molecule has 0 saturated carbocycles. The number of sulfonamides is 1. The van der Waals surface area contributed by atoms with Gasteiger partial charge in [-0.25, -0.2) is 12.8 Å². The van der Waals surface area contributed by atoms with Crippen LogP contribution in [-0.2, 0) is 20.6 Å². The van der Waals surface area contributed by atoms with Gasteiger partial charge in [-0.2, -0.15) is 4.31 Å². The third-order valence-corrected chi connectivity index (χ3v) is 4.76. The van der Waals surface area contributed by atoms with Crippen molar-refractivity contribution in [3.63, 3.8) is 0 Å². The molecule has 0 amide bonds. The van der Waals surface area contributed by atoms with E-state index in [-0.39, 0.29) is 24.8 Å². The first kappa shape index (κ1) is 16.6. The summed E-state index contributed by atoms with van der Waals surface area (Å²) in [4.78, 5) is 10.6. The van der Waals surface area contributed by atoms with Crippen LogP contribution in [0, 0.1) is 5.82 Å². The molecule has 1 rings (SSSR count). The number of carboxylic acids is 1. The predicted octanol–water partition coefficient (Wildman–Crippen LogP) is 1.84. The number of hydrogen-bond donors (Lipinski definition) is 1. The molecule has 0 unspecified atom stereocenters. The number of carboxylic acid groups (broad SMARTS) is 1. The molecule has 0 spiro atoms. The van der Waals surface area contributed by atoms with Gasteiger partial charge in [-0.3, -0.25) is 4.79 Å². The minimum absolute atomic E-state index is 0.0729. The van der Waals surface area contributed by atoms with Crippen LogP contribution >= 0.6 is 0 Å². The highest BCUT2D eigenvalue weighted by Gasteiger charge is 2.25. The van der Waals surface area contributed by atoms with E-state index in [2.05, 4.69) is 0 Å². The molecule has 0 radical (unpaired) electrons. The normalized spacial score (nSPS) is 12.1. The lowest BCUT2D eigenvalue weighted by molar-refractivity contribution is -0.137. The summed E-state index contributed by atoms with van der Waals surface area (Å²) in [6, 6.07) is 4.87. The Bertz CT molecular complexity index is 554. The van der Waals surface area contributed by atoms with E-state index in [0.717, 1.165) is 4.31 Å². The van der Waals surface area contributed by atoms with Crippen LogP contribution in [0.4, 0.5) is 4.39 Å². The highest BCUT2D eigenvalue weighted by molar-refractivity contribution is 7.88. The van der Waals surface area contributed by atoms with Gasteiger partial charge in [-0.1, -0.05) is 12.1 Å². The van der Waals surface area contributed by atoms with Gasteiger partial charge in [-0.05, 0) is 31.5 Å². The smallest absolute Gasteiger partial charge is 0.304 e. The summed E-state index contributed by atoms with van der Waals surface area (Å²) >= 11 is 0. The fraction of sp³-hybridized carbons (Fsp3) is 0.462. The first-order valence-electron chi connectivity index (χ1n) is 6.18. The van der Waals surface area contributed by atoms with Gasteiger partial charge in [0.2, 0.25) is 10.0 Å². The van der Waals surface area contributed by atoms with Crippen molar-refractivity contribution >= 4 is 16.0 Å². The van der Waals surface area contributed by atoms with E-state index in [1.165, 1.54) is 24.3 Å². The van der Waals surface area contributed by atoms with E-state index in [1.54, 1.807) is 13.8 Å². The topological polar surface area (TPSA) is 74.7 Å². The van der Waals surface area contributed by atoms with E-state index in [4.69, 9.17) is 5.11 Å². The zero-order valence-electron chi connectivity index (χ0n) is 11.4. The van der Waals surface area contributed by atoms with Crippen molar-refractivity contribution < 1.29 is 22.7 Å². The van der Waals surface area contributed by atoms with Crippen molar-refractivity contribution in [3.8, 4) is 0 Å². The van der Waals surface area contributed by atoms with Gasteiger partial charge in [0.05, 0.1) is 12.2 Å². The summed E-state index contributed by atoms with van der Waals surface area (Å²) in [6.07, 6.45) is -0.249. The van der Waals surface area contributed by atoms with Crippen LogP contribution in [-0.4, -0.2) is 36.4 Å². The van der Waals surface area contributed by atoms with Gasteiger partial charge in [0, 0.05) is 12.6 Å². The molecule has 7 heteroatoms. The predicted molar refractivity (Wildman–Crippen MR) is 73.1 cm³/mol. The Morgan fingerprint density at radius 1 is 1.30 bits per heavy atom. The van der Waals surface area contributed by atoms with Crippen molar-refractivity contribution in [2.24, 2.45) is 0 Å². The highest BCUT2D eigenvalue weighted by atomic mass is 32.2. The van der Waals surface area contributed by atoms with E-state index in [1.807, 2.05) is 0 Å². The lowest BCUT2D eigenvalue weighted by Crippen LogP contribution is -2.39. The van der Waals surface area contributed by atoms with Crippen molar-refractivity contribution in [2.45, 2.75) is 32.1 Å². The number of hydrogen-bond acceptors (Lipinski definition) is 3. The SMILES string of the molecule is CC(C)N(CCC(=O)O)S(=O)(=O)Cc1ccc(F)cc1. The second-order valence-electron chi connectivity index (χ2n) is 4.73. The summed E-state index contributed by atoms with van der Waals surface area (Å²) < 4.78 is 38.5. The monoisotopic (exact) mass is 303 g/mol. The molecule has 0 aliphatic rings. The molecule has 1 aromatic rings. The van der Waals surface area contributed by atoms with Crippen molar-refractivity contribution in [1.29, 1.82) is 0 Å². The molecular formula is C13H18FNO4S. The standard InChI is InChI=1S/C13H18FNO4S/c1-10(2)15(8-7-13(16)17)20(18,19)9-11-3-5-12(14)6-4-11/h3-6,10H,7-9H2,1-2H3,(H,16,17). The summed E-state index contributed by atoms with van der Waals surface area (Å²) in [5.74, 6) is -1.75. The van der Waals surface area contributed by atoms with E-state index in [9.17, 15) is 17.6 Å². The molecule has 0 heterocycles. The summed E-state index contributed by atoms with van der Waals surface area (Å²) in [6.45, 7) is 3.30. The van der Waals surface area contributed by atoms with Crippen LogP contribution in [0.2, 0.25) is 0 Å². The van der Waals surface area contributed by atoms with Gasteiger partial charge in [0.15, 0.2) is 0 Å². The van der Waals surface area contributed by atoms with Crippen LogP contribution < -0.4 is 0 Å². The summed E-state index contributed by atoms with van der Waals surface area (Å²) in [5, 5.41) is 8.67. The van der Waals surface area contributed by atoms with E-state index >= 15 is 0 Å². The largest absolute Gasteiger partial charge is 0.481 e. The van der Waals surface area contributed by atoms with Crippen LogP contribution in [0.15, 0.2) is 24.3 Å². The van der Waals surface area contributed by atoms with Gasteiger partial charge in [0.25, 0.3) is 0 Å². The molecule has 1 N–H and O–H groups in total. The fourth-order valence-electron chi connectivity index (χ4n) is 1.80. The Labute approximate surface area is 118 Å². The maximum absolute atomic E-state index is 12.8. The summed E-state index contributed by atoms with van der Waals surface area (Å²) in [5.41, 5.74) is 0.465. The van der Waals surface area contributed by atoms with Crippen LogP contribution in [0.1, 0.15) is 25.8 Å². The molecule has 0 saturated heterocycles. The van der Waals surface area contributed by atoms with E-state index in [0.29, 0.717) is 5.56 Å². The van der Waals surface area contributed by atoms with Crippen molar-refractivity contribution in [1.82, 2.24) is 4.31 Å².